The Morgan fingerprint density at radius 1 is 1.14 bits per heavy atom. The number of hydrogen-bond donors (Lipinski definition) is 1. The van der Waals surface area contributed by atoms with Crippen LogP contribution in [0.15, 0.2) is 46.9 Å². The van der Waals surface area contributed by atoms with Crippen LogP contribution in [0.25, 0.3) is 0 Å². The van der Waals surface area contributed by atoms with Crippen molar-refractivity contribution < 1.29 is 17.9 Å². The topological polar surface area (TPSA) is 21.3 Å². The van der Waals surface area contributed by atoms with Gasteiger partial charge in [0.2, 0.25) is 0 Å². The molecule has 1 aliphatic rings. The Labute approximate surface area is 128 Å². The second kappa shape index (κ2) is 5.26. The number of hydrogen-bond acceptors (Lipinski definition) is 2. The molecule has 1 unspecified atom stereocenters. The monoisotopic (exact) mass is 357 g/mol. The van der Waals surface area contributed by atoms with E-state index in [2.05, 4.69) is 26.0 Å². The number of rotatable bonds is 2. The summed E-state index contributed by atoms with van der Waals surface area (Å²) >= 11 is 3.40. The van der Waals surface area contributed by atoms with Gasteiger partial charge in [0.1, 0.15) is 5.75 Å². The maximum Gasteiger partial charge on any atom is 0.573 e. The average Bonchev–Trinajstić information content (AvgIpc) is 2.80. The molecule has 0 fully saturated rings. The molecule has 1 aliphatic heterocycles. The van der Waals surface area contributed by atoms with Gasteiger partial charge in [-0.25, -0.2) is 0 Å². The fourth-order valence-electron chi connectivity index (χ4n) is 2.45. The predicted molar refractivity (Wildman–Crippen MR) is 77.3 cm³/mol. The molecule has 1 atom stereocenters. The highest BCUT2D eigenvalue weighted by molar-refractivity contribution is 9.10. The maximum atomic E-state index is 12.3. The van der Waals surface area contributed by atoms with Gasteiger partial charge in [-0.1, -0.05) is 34.1 Å². The Balaban J connectivity index is 1.82. The molecule has 110 valence electrons. The Morgan fingerprint density at radius 3 is 2.71 bits per heavy atom. The van der Waals surface area contributed by atoms with E-state index in [0.29, 0.717) is 0 Å². The molecule has 0 saturated carbocycles. The zero-order chi connectivity index (χ0) is 15.0. The fraction of sp³-hybridized carbons (Fsp3) is 0.200. The van der Waals surface area contributed by atoms with Gasteiger partial charge in [0.05, 0.1) is 6.04 Å². The molecule has 6 heteroatoms. The highest BCUT2D eigenvalue weighted by Crippen LogP contribution is 2.37. The van der Waals surface area contributed by atoms with Crippen LogP contribution in [0, 0.1) is 0 Å². The van der Waals surface area contributed by atoms with Gasteiger partial charge in [0.15, 0.2) is 0 Å². The molecule has 0 amide bonds. The van der Waals surface area contributed by atoms with Gasteiger partial charge < -0.3 is 10.1 Å². The first-order valence-corrected chi connectivity index (χ1v) is 7.11. The van der Waals surface area contributed by atoms with E-state index in [9.17, 15) is 13.2 Å². The molecular formula is C15H11BrF3NO. The lowest BCUT2D eigenvalue weighted by Crippen LogP contribution is -2.17. The quantitative estimate of drug-likeness (QED) is 0.811. The summed E-state index contributed by atoms with van der Waals surface area (Å²) in [5.74, 6) is -0.195. The predicted octanol–water partition coefficient (Wildman–Crippen LogP) is 5.06. The zero-order valence-corrected chi connectivity index (χ0v) is 12.3. The second-order valence-electron chi connectivity index (χ2n) is 4.82. The first-order chi connectivity index (χ1) is 9.90. The van der Waals surface area contributed by atoms with Crippen LogP contribution in [0.5, 0.6) is 5.75 Å². The molecule has 1 N–H and O–H groups in total. The van der Waals surface area contributed by atoms with Crippen LogP contribution in [0.3, 0.4) is 0 Å². The summed E-state index contributed by atoms with van der Waals surface area (Å²) in [6.07, 6.45) is -3.94. The zero-order valence-electron chi connectivity index (χ0n) is 10.7. The van der Waals surface area contributed by atoms with Crippen molar-refractivity contribution in [1.82, 2.24) is 0 Å². The van der Waals surface area contributed by atoms with Gasteiger partial charge in [-0.2, -0.15) is 0 Å². The summed E-state index contributed by atoms with van der Waals surface area (Å²) in [7, 11) is 0. The Morgan fingerprint density at radius 2 is 1.95 bits per heavy atom. The van der Waals surface area contributed by atoms with Crippen molar-refractivity contribution >= 4 is 21.6 Å². The third kappa shape index (κ3) is 3.32. The Hall–Kier alpha value is -1.69. The van der Waals surface area contributed by atoms with Gasteiger partial charge in [0.25, 0.3) is 0 Å². The van der Waals surface area contributed by atoms with Crippen molar-refractivity contribution in [3.63, 3.8) is 0 Å². The van der Waals surface area contributed by atoms with Crippen LogP contribution >= 0.6 is 15.9 Å². The smallest absolute Gasteiger partial charge is 0.406 e. The van der Waals surface area contributed by atoms with Crippen LogP contribution in [-0.2, 0) is 6.42 Å². The number of halogens is 4. The number of nitrogens with one attached hydrogen (secondary N) is 1. The molecule has 2 nitrogen and oxygen atoms in total. The molecule has 0 radical (unpaired) electrons. The molecule has 0 aliphatic carbocycles. The molecule has 3 rings (SSSR count). The molecular weight excluding hydrogens is 347 g/mol. The highest BCUT2D eigenvalue weighted by atomic mass is 79.9. The van der Waals surface area contributed by atoms with Crippen LogP contribution in [-0.4, -0.2) is 6.36 Å². The standard InChI is InChI=1S/C15H11BrF3NO/c16-11-5-4-10-7-13(20-14(10)8-11)9-2-1-3-12(6-9)21-15(17,18)19/h1-6,8,13,20H,7H2. The maximum absolute atomic E-state index is 12.3. The van der Waals surface area contributed by atoms with Gasteiger partial charge in [-0.3, -0.25) is 0 Å². The molecule has 1 heterocycles. The summed E-state index contributed by atoms with van der Waals surface area (Å²) in [4.78, 5) is 0. The van der Waals surface area contributed by atoms with Gasteiger partial charge >= 0.3 is 6.36 Å². The first kappa shape index (κ1) is 14.3. The molecule has 21 heavy (non-hydrogen) atoms. The summed E-state index contributed by atoms with van der Waals surface area (Å²) in [5, 5.41) is 3.31. The van der Waals surface area contributed by atoms with Crippen molar-refractivity contribution in [2.24, 2.45) is 0 Å². The summed E-state index contributed by atoms with van der Waals surface area (Å²) in [6, 6.07) is 12.0. The lowest BCUT2D eigenvalue weighted by Gasteiger charge is -2.14. The van der Waals surface area contributed by atoms with E-state index in [1.54, 1.807) is 12.1 Å². The Kier molecular flexibility index (Phi) is 3.57. The van der Waals surface area contributed by atoms with Gasteiger partial charge in [-0.05, 0) is 41.8 Å². The van der Waals surface area contributed by atoms with E-state index in [-0.39, 0.29) is 11.8 Å². The van der Waals surface area contributed by atoms with Crippen LogP contribution in [0.2, 0.25) is 0 Å². The normalized spacial score (nSPS) is 17.2. The van der Waals surface area contributed by atoms with Crippen LogP contribution in [0.1, 0.15) is 17.2 Å². The van der Waals surface area contributed by atoms with Crippen molar-refractivity contribution in [1.29, 1.82) is 0 Å². The summed E-state index contributed by atoms with van der Waals surface area (Å²) in [5.41, 5.74) is 2.91. The first-order valence-electron chi connectivity index (χ1n) is 6.31. The minimum Gasteiger partial charge on any atom is -0.406 e. The lowest BCUT2D eigenvalue weighted by molar-refractivity contribution is -0.274. The minimum absolute atomic E-state index is 0.0499. The highest BCUT2D eigenvalue weighted by Gasteiger charge is 2.31. The molecule has 0 spiro atoms. The second-order valence-corrected chi connectivity index (χ2v) is 5.74. The number of alkyl halides is 3. The van der Waals surface area contributed by atoms with E-state index in [1.165, 1.54) is 12.1 Å². The van der Waals surface area contributed by atoms with Crippen molar-refractivity contribution in [2.45, 2.75) is 18.8 Å². The third-order valence-corrected chi connectivity index (χ3v) is 3.81. The van der Waals surface area contributed by atoms with E-state index in [1.807, 2.05) is 18.2 Å². The molecule has 0 saturated heterocycles. The van der Waals surface area contributed by atoms with Gasteiger partial charge in [0, 0.05) is 10.2 Å². The molecule has 0 aromatic heterocycles. The minimum atomic E-state index is -4.67. The molecule has 2 aromatic carbocycles. The lowest BCUT2D eigenvalue weighted by atomic mass is 10.0. The van der Waals surface area contributed by atoms with Crippen molar-refractivity contribution in [3.8, 4) is 5.75 Å². The molecule has 0 bridgehead atoms. The third-order valence-electron chi connectivity index (χ3n) is 3.32. The number of ether oxygens (including phenoxy) is 1. The van der Waals surface area contributed by atoms with E-state index >= 15 is 0 Å². The van der Waals surface area contributed by atoms with Crippen LogP contribution < -0.4 is 10.1 Å². The fourth-order valence-corrected chi connectivity index (χ4v) is 2.81. The largest absolute Gasteiger partial charge is 0.573 e. The van der Waals surface area contributed by atoms with Crippen molar-refractivity contribution in [3.05, 3.63) is 58.1 Å². The van der Waals surface area contributed by atoms with Crippen molar-refractivity contribution in [2.75, 3.05) is 5.32 Å². The van der Waals surface area contributed by atoms with E-state index in [4.69, 9.17) is 0 Å². The summed E-state index contributed by atoms with van der Waals surface area (Å²) in [6.45, 7) is 0. The SMILES string of the molecule is FC(F)(F)Oc1cccc(C2Cc3ccc(Br)cc3N2)c1. The molecule has 2 aromatic rings. The number of anilines is 1. The van der Waals surface area contributed by atoms with Gasteiger partial charge in [-0.15, -0.1) is 13.2 Å². The Bertz CT molecular complexity index is 672. The van der Waals surface area contributed by atoms with Crippen LogP contribution in [0.4, 0.5) is 18.9 Å². The van der Waals surface area contributed by atoms with E-state index in [0.717, 1.165) is 27.7 Å². The number of fused-ring (bicyclic) bond motifs is 1. The number of benzene rings is 2. The average molecular weight is 358 g/mol. The summed E-state index contributed by atoms with van der Waals surface area (Å²) < 4.78 is 41.7. The van der Waals surface area contributed by atoms with E-state index < -0.39 is 6.36 Å².